The van der Waals surface area contributed by atoms with Crippen LogP contribution in [-0.2, 0) is 0 Å². The number of nitrogens with zero attached hydrogens (tertiary/aromatic N) is 2. The molecule has 0 amide bonds. The molecule has 26 heavy (non-hydrogen) atoms. The van der Waals surface area contributed by atoms with E-state index in [-0.39, 0.29) is 5.25 Å². The molecule has 0 radical (unpaired) electrons. The second-order valence-electron chi connectivity index (χ2n) is 6.05. The highest BCUT2D eigenvalue weighted by molar-refractivity contribution is 7.99. The van der Waals surface area contributed by atoms with Crippen LogP contribution in [0.5, 0.6) is 0 Å². The first kappa shape index (κ1) is 17.1. The Kier molecular flexibility index (Phi) is 4.91. The third-order valence-corrected chi connectivity index (χ3v) is 5.81. The number of hydrogen-bond acceptors (Lipinski definition) is 3. The van der Waals surface area contributed by atoms with E-state index in [0.29, 0.717) is 0 Å². The third-order valence-electron chi connectivity index (χ3n) is 4.33. The second-order valence-corrected chi connectivity index (χ2v) is 7.78. The predicted molar refractivity (Wildman–Crippen MR) is 111 cm³/mol. The highest BCUT2D eigenvalue weighted by Gasteiger charge is 2.16. The zero-order chi connectivity index (χ0) is 17.9. The Morgan fingerprint density at radius 3 is 2.19 bits per heavy atom. The average molecular weight is 377 g/mol. The van der Waals surface area contributed by atoms with E-state index in [9.17, 15) is 0 Å². The molecule has 3 aromatic carbocycles. The fraction of sp³-hybridized carbons (Fsp3) is 0.0909. The van der Waals surface area contributed by atoms with E-state index in [4.69, 9.17) is 11.6 Å². The molecule has 0 unspecified atom stereocenters. The molecule has 0 aliphatic rings. The van der Waals surface area contributed by atoms with E-state index in [1.807, 2.05) is 48.5 Å². The second kappa shape index (κ2) is 7.48. The van der Waals surface area contributed by atoms with Crippen LogP contribution in [0.15, 0.2) is 83.9 Å². The highest BCUT2D eigenvalue weighted by Crippen LogP contribution is 2.40. The molecular weight excluding hydrogens is 360 g/mol. The van der Waals surface area contributed by atoms with Gasteiger partial charge < -0.3 is 0 Å². The van der Waals surface area contributed by atoms with Crippen molar-refractivity contribution in [2.75, 3.05) is 0 Å². The third kappa shape index (κ3) is 3.33. The highest BCUT2D eigenvalue weighted by atomic mass is 35.5. The van der Waals surface area contributed by atoms with Crippen molar-refractivity contribution in [1.82, 2.24) is 10.2 Å². The molecule has 4 rings (SSSR count). The van der Waals surface area contributed by atoms with Crippen LogP contribution in [0.2, 0.25) is 5.02 Å². The maximum Gasteiger partial charge on any atom is 0.127 e. The first-order chi connectivity index (χ1) is 12.7. The van der Waals surface area contributed by atoms with Crippen LogP contribution in [0.4, 0.5) is 0 Å². The van der Waals surface area contributed by atoms with Gasteiger partial charge in [0.25, 0.3) is 0 Å². The molecule has 0 saturated heterocycles. The molecule has 4 heteroatoms. The number of hydrogen-bond donors (Lipinski definition) is 0. The van der Waals surface area contributed by atoms with Gasteiger partial charge in [0.05, 0.1) is 0 Å². The van der Waals surface area contributed by atoms with Crippen LogP contribution in [0, 0.1) is 0 Å². The maximum atomic E-state index is 6.36. The van der Waals surface area contributed by atoms with Gasteiger partial charge in [0.1, 0.15) is 10.7 Å². The quantitative estimate of drug-likeness (QED) is 0.366. The molecule has 0 spiro atoms. The predicted octanol–water partition coefficient (Wildman–Crippen LogP) is 6.80. The van der Waals surface area contributed by atoms with Crippen molar-refractivity contribution in [3.05, 3.63) is 89.4 Å². The Morgan fingerprint density at radius 1 is 0.769 bits per heavy atom. The zero-order valence-corrected chi connectivity index (χ0v) is 15.8. The Labute approximate surface area is 162 Å². The van der Waals surface area contributed by atoms with E-state index >= 15 is 0 Å². The summed E-state index contributed by atoms with van der Waals surface area (Å²) < 4.78 is 0. The fourth-order valence-electron chi connectivity index (χ4n) is 3.01. The van der Waals surface area contributed by atoms with Crippen LogP contribution in [0.1, 0.15) is 17.7 Å². The summed E-state index contributed by atoms with van der Waals surface area (Å²) in [5.41, 5.74) is 3.10. The fourth-order valence-corrected chi connectivity index (χ4v) is 4.44. The van der Waals surface area contributed by atoms with Crippen LogP contribution in [0.25, 0.3) is 22.0 Å². The van der Waals surface area contributed by atoms with Gasteiger partial charge in [-0.2, -0.15) is 0 Å². The van der Waals surface area contributed by atoms with Crippen molar-refractivity contribution < 1.29 is 0 Å². The lowest BCUT2D eigenvalue weighted by Crippen LogP contribution is -1.96. The lowest BCUT2D eigenvalue weighted by Gasteiger charge is -2.14. The van der Waals surface area contributed by atoms with Gasteiger partial charge in [-0.1, -0.05) is 96.2 Å². The molecule has 0 fully saturated rings. The molecular formula is C22H17ClN2S. The van der Waals surface area contributed by atoms with E-state index in [0.717, 1.165) is 37.6 Å². The first-order valence-corrected chi connectivity index (χ1v) is 9.72. The summed E-state index contributed by atoms with van der Waals surface area (Å²) in [5, 5.41) is 13.2. The standard InChI is InChI=1S/C22H17ClN2S/c1-15(17-11-7-8-14-20(17)23)26-22-19-13-6-5-12-18(19)21(24-25-22)16-9-3-2-4-10-16/h2-15H,1H3/t15-/m0/s1. The molecule has 1 atom stereocenters. The van der Waals surface area contributed by atoms with Crippen molar-refractivity contribution in [1.29, 1.82) is 0 Å². The topological polar surface area (TPSA) is 25.8 Å². The molecule has 1 heterocycles. The summed E-state index contributed by atoms with van der Waals surface area (Å²) >= 11 is 8.05. The van der Waals surface area contributed by atoms with E-state index in [2.05, 4.69) is 47.5 Å². The largest absolute Gasteiger partial charge is 0.149 e. The molecule has 2 nitrogen and oxygen atoms in total. The normalized spacial score (nSPS) is 12.2. The van der Waals surface area contributed by atoms with Gasteiger partial charge >= 0.3 is 0 Å². The van der Waals surface area contributed by atoms with Gasteiger partial charge in [-0.05, 0) is 18.6 Å². The van der Waals surface area contributed by atoms with Crippen molar-refractivity contribution in [3.8, 4) is 11.3 Å². The van der Waals surface area contributed by atoms with Crippen LogP contribution in [-0.4, -0.2) is 10.2 Å². The summed E-state index contributed by atoms with van der Waals surface area (Å²) in [7, 11) is 0. The molecule has 0 N–H and O–H groups in total. The van der Waals surface area contributed by atoms with Gasteiger partial charge in [0, 0.05) is 26.6 Å². The molecule has 0 aliphatic heterocycles. The molecule has 1 aromatic heterocycles. The van der Waals surface area contributed by atoms with Gasteiger partial charge in [-0.3, -0.25) is 0 Å². The minimum Gasteiger partial charge on any atom is -0.149 e. The Bertz CT molecular complexity index is 1050. The molecule has 0 bridgehead atoms. The summed E-state index contributed by atoms with van der Waals surface area (Å²) in [5.74, 6) is 0. The first-order valence-electron chi connectivity index (χ1n) is 8.46. The summed E-state index contributed by atoms with van der Waals surface area (Å²) in [6.07, 6.45) is 0. The van der Waals surface area contributed by atoms with Crippen LogP contribution < -0.4 is 0 Å². The van der Waals surface area contributed by atoms with Gasteiger partial charge in [0.2, 0.25) is 0 Å². The SMILES string of the molecule is C[C@H](Sc1nnc(-c2ccccc2)c2ccccc12)c1ccccc1Cl. The van der Waals surface area contributed by atoms with E-state index < -0.39 is 0 Å². The monoisotopic (exact) mass is 376 g/mol. The molecule has 0 aliphatic carbocycles. The minimum absolute atomic E-state index is 0.184. The number of rotatable bonds is 4. The van der Waals surface area contributed by atoms with Gasteiger partial charge in [-0.25, -0.2) is 0 Å². The number of thioether (sulfide) groups is 1. The minimum atomic E-state index is 0.184. The van der Waals surface area contributed by atoms with Gasteiger partial charge in [0.15, 0.2) is 0 Å². The van der Waals surface area contributed by atoms with Crippen molar-refractivity contribution >= 4 is 34.1 Å². The maximum absolute atomic E-state index is 6.36. The number of halogens is 1. The number of benzene rings is 3. The smallest absolute Gasteiger partial charge is 0.127 e. The lowest BCUT2D eigenvalue weighted by atomic mass is 10.1. The van der Waals surface area contributed by atoms with Crippen LogP contribution in [0.3, 0.4) is 0 Å². The van der Waals surface area contributed by atoms with Crippen molar-refractivity contribution in [3.63, 3.8) is 0 Å². The van der Waals surface area contributed by atoms with Gasteiger partial charge in [-0.15, -0.1) is 10.2 Å². The molecule has 128 valence electrons. The number of fused-ring (bicyclic) bond motifs is 1. The average Bonchev–Trinajstić information content (AvgIpc) is 2.69. The summed E-state index contributed by atoms with van der Waals surface area (Å²) in [6, 6.07) is 26.4. The van der Waals surface area contributed by atoms with E-state index in [1.165, 1.54) is 0 Å². The summed E-state index contributed by atoms with van der Waals surface area (Å²) in [6.45, 7) is 2.15. The Balaban J connectivity index is 1.77. The lowest BCUT2D eigenvalue weighted by molar-refractivity contribution is 0.953. The Morgan fingerprint density at radius 2 is 1.42 bits per heavy atom. The Hall–Kier alpha value is -2.36. The number of aromatic nitrogens is 2. The zero-order valence-electron chi connectivity index (χ0n) is 14.3. The van der Waals surface area contributed by atoms with Crippen molar-refractivity contribution in [2.45, 2.75) is 17.2 Å². The van der Waals surface area contributed by atoms with Crippen LogP contribution >= 0.6 is 23.4 Å². The molecule has 4 aromatic rings. The van der Waals surface area contributed by atoms with E-state index in [1.54, 1.807) is 11.8 Å². The summed E-state index contributed by atoms with van der Waals surface area (Å²) in [4.78, 5) is 0. The van der Waals surface area contributed by atoms with Crippen molar-refractivity contribution in [2.24, 2.45) is 0 Å². The molecule has 0 saturated carbocycles.